The summed E-state index contributed by atoms with van der Waals surface area (Å²) in [6.07, 6.45) is -3.43. The third kappa shape index (κ3) is 1.10. The highest BCUT2D eigenvalue weighted by Crippen LogP contribution is 2.25. The van der Waals surface area contributed by atoms with Crippen molar-refractivity contribution in [2.75, 3.05) is 6.61 Å². The van der Waals surface area contributed by atoms with Crippen molar-refractivity contribution in [2.45, 2.75) is 12.7 Å². The van der Waals surface area contributed by atoms with E-state index in [0.29, 0.717) is 0 Å². The highest BCUT2D eigenvalue weighted by Gasteiger charge is 2.42. The molecule has 0 bridgehead atoms. The molecule has 0 aromatic heterocycles. The molecule has 2 nitrogen and oxygen atoms in total. The van der Waals surface area contributed by atoms with Crippen LogP contribution >= 0.6 is 0 Å². The Hall–Kier alpha value is -0.290. The zero-order valence-electron chi connectivity index (χ0n) is 3.73. The topological polar surface area (TPSA) is 18.5 Å². The molecule has 8 heavy (non-hydrogen) atoms. The van der Waals surface area contributed by atoms with Crippen molar-refractivity contribution in [3.8, 4) is 0 Å². The largest absolute Gasteiger partial charge is 0.383 e. The minimum atomic E-state index is -3.43. The monoisotopic (exact) mass is 128 g/mol. The lowest BCUT2D eigenvalue weighted by atomic mass is 10.7. The first-order valence-electron chi connectivity index (χ1n) is 1.91. The Kier molecular flexibility index (Phi) is 1.16. The van der Waals surface area contributed by atoms with E-state index in [2.05, 4.69) is 9.47 Å². The van der Waals surface area contributed by atoms with E-state index in [1.54, 1.807) is 0 Å². The van der Waals surface area contributed by atoms with Gasteiger partial charge in [-0.1, -0.05) is 0 Å². The molecule has 5 heteroatoms. The van der Waals surface area contributed by atoms with Gasteiger partial charge in [0.1, 0.15) is 6.61 Å². The summed E-state index contributed by atoms with van der Waals surface area (Å²) < 4.78 is 41.8. The van der Waals surface area contributed by atoms with Crippen LogP contribution in [0.5, 0.6) is 0 Å². The van der Waals surface area contributed by atoms with Crippen LogP contribution in [0.15, 0.2) is 0 Å². The fraction of sp³-hybridized carbons (Fsp3) is 1.00. The molecule has 0 aromatic carbocycles. The van der Waals surface area contributed by atoms with E-state index >= 15 is 0 Å². The fourth-order valence-corrected chi connectivity index (χ4v) is 0.366. The van der Waals surface area contributed by atoms with Crippen molar-refractivity contribution < 1.29 is 22.6 Å². The van der Waals surface area contributed by atoms with Crippen LogP contribution < -0.4 is 0 Å². The quantitative estimate of drug-likeness (QED) is 0.482. The number of alkyl halides is 3. The van der Waals surface area contributed by atoms with E-state index in [1.165, 1.54) is 0 Å². The molecular weight excluding hydrogens is 125 g/mol. The third-order valence-corrected chi connectivity index (χ3v) is 0.647. The van der Waals surface area contributed by atoms with Crippen molar-refractivity contribution in [3.05, 3.63) is 0 Å². The lowest BCUT2D eigenvalue weighted by molar-refractivity contribution is -0.255. The standard InChI is InChI=1S/C3H3F3O2/c4-2-7-1-3(5,6)8-2/h2H,1H2. The molecule has 1 saturated heterocycles. The summed E-state index contributed by atoms with van der Waals surface area (Å²) in [5.41, 5.74) is 0. The van der Waals surface area contributed by atoms with Crippen LogP contribution in [0, 0.1) is 0 Å². The predicted octanol–water partition coefficient (Wildman–Crippen LogP) is 0.879. The van der Waals surface area contributed by atoms with E-state index in [4.69, 9.17) is 0 Å². The molecule has 1 unspecified atom stereocenters. The lowest BCUT2D eigenvalue weighted by Crippen LogP contribution is -2.17. The summed E-state index contributed by atoms with van der Waals surface area (Å²) >= 11 is 0. The molecule has 0 radical (unpaired) electrons. The molecule has 1 aliphatic rings. The van der Waals surface area contributed by atoms with Gasteiger partial charge >= 0.3 is 12.7 Å². The van der Waals surface area contributed by atoms with Gasteiger partial charge in [-0.15, -0.1) is 0 Å². The molecule has 1 rings (SSSR count). The van der Waals surface area contributed by atoms with E-state index in [9.17, 15) is 13.2 Å². The number of ether oxygens (including phenoxy) is 2. The molecule has 0 N–H and O–H groups in total. The fourth-order valence-electron chi connectivity index (χ4n) is 0.366. The van der Waals surface area contributed by atoms with E-state index < -0.39 is 19.3 Å². The number of rotatable bonds is 0. The second-order valence-corrected chi connectivity index (χ2v) is 1.34. The van der Waals surface area contributed by atoms with Crippen LogP contribution in [0.25, 0.3) is 0 Å². The maximum Gasteiger partial charge on any atom is 0.383 e. The average Bonchev–Trinajstić information content (AvgIpc) is 1.82. The van der Waals surface area contributed by atoms with Gasteiger partial charge in [0.2, 0.25) is 0 Å². The Labute approximate surface area is 43.2 Å². The van der Waals surface area contributed by atoms with Crippen molar-refractivity contribution >= 4 is 0 Å². The zero-order chi connectivity index (χ0) is 6.20. The van der Waals surface area contributed by atoms with Crippen LogP contribution in [0.2, 0.25) is 0 Å². The van der Waals surface area contributed by atoms with Gasteiger partial charge in [0.05, 0.1) is 0 Å². The second kappa shape index (κ2) is 1.60. The van der Waals surface area contributed by atoms with Gasteiger partial charge in [0.15, 0.2) is 0 Å². The predicted molar refractivity (Wildman–Crippen MR) is 16.9 cm³/mol. The van der Waals surface area contributed by atoms with E-state index in [1.807, 2.05) is 0 Å². The Morgan fingerprint density at radius 3 is 2.25 bits per heavy atom. The Morgan fingerprint density at radius 1 is 1.50 bits per heavy atom. The maximum absolute atomic E-state index is 11.6. The molecule has 0 amide bonds. The second-order valence-electron chi connectivity index (χ2n) is 1.34. The van der Waals surface area contributed by atoms with E-state index in [0.717, 1.165) is 0 Å². The van der Waals surface area contributed by atoms with Gasteiger partial charge in [0, 0.05) is 0 Å². The van der Waals surface area contributed by atoms with Crippen LogP contribution in [-0.2, 0) is 9.47 Å². The van der Waals surface area contributed by atoms with Crippen molar-refractivity contribution in [3.63, 3.8) is 0 Å². The minimum absolute atomic E-state index is 0.992. The molecule has 0 spiro atoms. The van der Waals surface area contributed by atoms with E-state index in [-0.39, 0.29) is 0 Å². The molecule has 1 heterocycles. The SMILES string of the molecule is FC1OCC(F)(F)O1. The zero-order valence-corrected chi connectivity index (χ0v) is 3.73. The van der Waals surface area contributed by atoms with Crippen LogP contribution in [0.3, 0.4) is 0 Å². The Balaban J connectivity index is 2.44. The molecular formula is C3H3F3O2. The minimum Gasteiger partial charge on any atom is -0.317 e. The molecule has 0 aromatic rings. The molecule has 48 valence electrons. The van der Waals surface area contributed by atoms with Crippen LogP contribution in [0.4, 0.5) is 13.2 Å². The van der Waals surface area contributed by atoms with Crippen molar-refractivity contribution in [1.82, 2.24) is 0 Å². The smallest absolute Gasteiger partial charge is 0.317 e. The first-order valence-corrected chi connectivity index (χ1v) is 1.91. The van der Waals surface area contributed by atoms with Gasteiger partial charge < -0.3 is 4.74 Å². The first kappa shape index (κ1) is 5.84. The van der Waals surface area contributed by atoms with Crippen molar-refractivity contribution in [2.24, 2.45) is 0 Å². The summed E-state index contributed by atoms with van der Waals surface area (Å²) in [7, 11) is 0. The maximum atomic E-state index is 11.6. The molecule has 1 aliphatic heterocycles. The molecule has 1 atom stereocenters. The van der Waals surface area contributed by atoms with Crippen LogP contribution in [0.1, 0.15) is 0 Å². The number of hydrogen-bond acceptors (Lipinski definition) is 2. The Morgan fingerprint density at radius 2 is 2.12 bits per heavy atom. The molecule has 1 fully saturated rings. The molecule has 0 saturated carbocycles. The van der Waals surface area contributed by atoms with Gasteiger partial charge in [0.25, 0.3) is 0 Å². The van der Waals surface area contributed by atoms with Crippen LogP contribution in [-0.4, -0.2) is 19.3 Å². The first-order chi connectivity index (χ1) is 3.60. The number of halogens is 3. The van der Waals surface area contributed by atoms with Crippen molar-refractivity contribution in [1.29, 1.82) is 0 Å². The Bertz CT molecular complexity index is 94.5. The highest BCUT2D eigenvalue weighted by molar-refractivity contribution is 4.54. The number of hydrogen-bond donors (Lipinski definition) is 0. The van der Waals surface area contributed by atoms with Gasteiger partial charge in [-0.3, -0.25) is 4.74 Å². The summed E-state index contributed by atoms with van der Waals surface area (Å²) in [6, 6.07) is 0. The van der Waals surface area contributed by atoms with Gasteiger partial charge in [-0.2, -0.15) is 13.2 Å². The lowest BCUT2D eigenvalue weighted by Gasteiger charge is -2.01. The summed E-state index contributed by atoms with van der Waals surface area (Å²) in [6.45, 7) is -3.25. The normalized spacial score (nSPS) is 35.6. The summed E-state index contributed by atoms with van der Waals surface area (Å²) in [5.74, 6) is 0. The molecule has 0 aliphatic carbocycles. The third-order valence-electron chi connectivity index (χ3n) is 0.647. The summed E-state index contributed by atoms with van der Waals surface area (Å²) in [5, 5.41) is 0. The van der Waals surface area contributed by atoms with Gasteiger partial charge in [-0.25, -0.2) is 0 Å². The average molecular weight is 128 g/mol. The van der Waals surface area contributed by atoms with Gasteiger partial charge in [-0.05, 0) is 0 Å². The highest BCUT2D eigenvalue weighted by atomic mass is 19.3. The summed E-state index contributed by atoms with van der Waals surface area (Å²) in [4.78, 5) is 0.